The Labute approximate surface area is 450 Å². The largest absolute Gasteiger partial charge is 0.512 e. The third kappa shape index (κ3) is 18.4. The maximum atomic E-state index is 13.3. The van der Waals surface area contributed by atoms with Crippen LogP contribution in [-0.4, -0.2) is 36.7 Å². The van der Waals surface area contributed by atoms with Crippen LogP contribution in [0.25, 0.3) is 66.1 Å². The van der Waals surface area contributed by atoms with Gasteiger partial charge in [0.25, 0.3) is 0 Å². The number of hydrogen-bond acceptors (Lipinski definition) is 7. The summed E-state index contributed by atoms with van der Waals surface area (Å²) in [5, 5.41) is 22.9. The third-order valence-electron chi connectivity index (χ3n) is 9.60. The van der Waals surface area contributed by atoms with Crippen molar-refractivity contribution in [1.29, 1.82) is 0 Å². The van der Waals surface area contributed by atoms with E-state index in [1.54, 1.807) is 44.6 Å². The van der Waals surface area contributed by atoms with E-state index in [0.29, 0.717) is 22.4 Å². The van der Waals surface area contributed by atoms with Crippen LogP contribution < -0.4 is 0 Å². The number of aromatic nitrogens is 3. The van der Waals surface area contributed by atoms with Gasteiger partial charge in [-0.25, -0.2) is 8.78 Å². The van der Waals surface area contributed by atoms with Gasteiger partial charge >= 0.3 is 0 Å². The number of aliphatic hydroxyl groups is 2. The number of hydrogen-bond donors (Lipinski definition) is 2. The minimum absolute atomic E-state index is 0. The number of aryl methyl sites for hydroxylation is 2. The number of allylic oxidation sites excluding steroid dienone is 4. The van der Waals surface area contributed by atoms with E-state index in [9.17, 15) is 27.2 Å². The number of carbonyl (C=O) groups excluding carboxylic acids is 2. The first kappa shape index (κ1) is 60.8. The molecule has 0 atom stereocenters. The van der Waals surface area contributed by atoms with E-state index in [1.807, 2.05) is 91.0 Å². The molecule has 0 amide bonds. The average Bonchev–Trinajstić information content (AvgIpc) is 3.30. The summed E-state index contributed by atoms with van der Waals surface area (Å²) < 4.78 is 53.0. The molecule has 14 heteroatoms. The van der Waals surface area contributed by atoms with Crippen molar-refractivity contribution in [3.63, 3.8) is 0 Å². The van der Waals surface area contributed by atoms with Crippen molar-refractivity contribution < 1.29 is 97.7 Å². The van der Waals surface area contributed by atoms with Crippen LogP contribution in [0.1, 0.15) is 38.8 Å². The fourth-order valence-corrected chi connectivity index (χ4v) is 6.66. The van der Waals surface area contributed by atoms with Gasteiger partial charge in [-0.1, -0.05) is 104 Å². The predicted molar refractivity (Wildman–Crippen MR) is 261 cm³/mol. The number of halogens is 4. The van der Waals surface area contributed by atoms with Crippen molar-refractivity contribution in [3.8, 4) is 33.8 Å². The first-order valence-corrected chi connectivity index (χ1v) is 21.0. The summed E-state index contributed by atoms with van der Waals surface area (Å²) >= 11 is 0. The van der Waals surface area contributed by atoms with Gasteiger partial charge in [-0.2, -0.15) is 0 Å². The second-order valence-electron chi connectivity index (χ2n) is 15.3. The van der Waals surface area contributed by atoms with Gasteiger partial charge in [0.05, 0.1) is 11.5 Å². The van der Waals surface area contributed by atoms with E-state index < -0.39 is 11.6 Å². The van der Waals surface area contributed by atoms with E-state index in [-0.39, 0.29) is 95.0 Å². The molecule has 0 bridgehead atoms. The molecule has 71 heavy (non-hydrogen) atoms. The zero-order valence-electron chi connectivity index (χ0n) is 39.1. The van der Waals surface area contributed by atoms with Gasteiger partial charge in [0.15, 0.2) is 11.6 Å². The predicted octanol–water partition coefficient (Wildman–Crippen LogP) is 14.3. The van der Waals surface area contributed by atoms with Gasteiger partial charge < -0.3 is 25.2 Å². The van der Waals surface area contributed by atoms with Crippen LogP contribution in [0, 0.1) is 55.3 Å². The molecule has 6 aromatic carbocycles. The average molecular weight is 1490 g/mol. The Balaban J connectivity index is 0.000000317. The van der Waals surface area contributed by atoms with E-state index in [1.165, 1.54) is 58.0 Å². The number of pyridine rings is 3. The molecule has 0 saturated carbocycles. The summed E-state index contributed by atoms with van der Waals surface area (Å²) in [5.74, 6) is -1.95. The molecule has 371 valence electrons. The molecule has 9 rings (SSSR count). The zero-order valence-corrected chi connectivity index (χ0v) is 46.3. The van der Waals surface area contributed by atoms with Crippen molar-refractivity contribution in [2.24, 2.45) is 0 Å². The summed E-state index contributed by atoms with van der Waals surface area (Å²) in [6.07, 6.45) is 7.49. The van der Waals surface area contributed by atoms with Crippen molar-refractivity contribution in [3.05, 3.63) is 222 Å². The molecule has 0 saturated heterocycles. The van der Waals surface area contributed by atoms with Crippen LogP contribution in [-0.2, 0) is 69.9 Å². The van der Waals surface area contributed by atoms with E-state index in [4.69, 9.17) is 10.2 Å². The fourth-order valence-electron chi connectivity index (χ4n) is 6.66. The summed E-state index contributed by atoms with van der Waals surface area (Å²) in [6.45, 7) is 9.19. The normalized spacial score (nSPS) is 10.5. The summed E-state index contributed by atoms with van der Waals surface area (Å²) in [5.41, 5.74) is 5.41. The maximum Gasteiger partial charge on any atom is 0.155 e. The summed E-state index contributed by atoms with van der Waals surface area (Å²) in [7, 11) is 0. The Morgan fingerprint density at radius 1 is 0.493 bits per heavy atom. The quantitative estimate of drug-likeness (QED) is 0.0764. The molecule has 0 aliphatic heterocycles. The standard InChI is InChI=1S/2C16H11FN.C15H8F2N.2C5H8O2.3Ir/c2*1-11-10-13(6-7-15(11)17)16-14-5-3-2-4-12(14)8-9-18-16;16-12-7-11(8-13(17)9-12)15-14-4-2-1-3-10(14)5-6-18-15;2*1-4(6)3-5(2)7;;;/h2*2-5,7-10H,1H3;1-7,9H;2*3,6H,1-2H3;;;/q3*-1;;;;;. The Kier molecular flexibility index (Phi) is 25.4. The van der Waals surface area contributed by atoms with Crippen LogP contribution in [0.5, 0.6) is 0 Å². The Morgan fingerprint density at radius 3 is 1.13 bits per heavy atom. The second-order valence-corrected chi connectivity index (χ2v) is 15.3. The number of carbonyl (C=O) groups is 2. The molecular formula is C57H46F4Ir3N3O4-3. The van der Waals surface area contributed by atoms with Gasteiger partial charge in [0.1, 0.15) is 0 Å². The maximum absolute atomic E-state index is 13.3. The zero-order chi connectivity index (χ0) is 49.3. The van der Waals surface area contributed by atoms with E-state index in [0.717, 1.165) is 60.9 Å². The number of aliphatic hydroxyl groups excluding tert-OH is 2. The minimum Gasteiger partial charge on any atom is -0.512 e. The van der Waals surface area contributed by atoms with E-state index >= 15 is 0 Å². The molecular weight excluding hydrogens is 1440 g/mol. The Bertz CT molecular complexity index is 3100. The van der Waals surface area contributed by atoms with Crippen LogP contribution in [0.4, 0.5) is 17.6 Å². The topological polar surface area (TPSA) is 113 Å². The Hall–Kier alpha value is -6.36. The summed E-state index contributed by atoms with van der Waals surface area (Å²) in [6, 6.07) is 46.1. The molecule has 2 N–H and O–H groups in total. The monoisotopic (exact) mass is 1490 g/mol. The molecule has 9 aromatic rings. The van der Waals surface area contributed by atoms with Crippen molar-refractivity contribution in [2.75, 3.05) is 0 Å². The molecule has 0 aliphatic rings. The third-order valence-corrected chi connectivity index (χ3v) is 9.60. The van der Waals surface area contributed by atoms with Gasteiger partial charge in [0.2, 0.25) is 0 Å². The minimum atomic E-state index is -0.722. The van der Waals surface area contributed by atoms with Crippen molar-refractivity contribution >= 4 is 43.9 Å². The number of rotatable bonds is 5. The van der Waals surface area contributed by atoms with Crippen LogP contribution >= 0.6 is 0 Å². The SMILES string of the molecule is CC(=O)C=C(C)O.CC(=O)C=C(C)O.Cc1cc(-c2nccc3ccccc23)[c-]cc1F.Cc1cc(-c2nccc3ccccc23)[c-]cc1F.Fc1[c-]c(-c2nccc3ccccc23)cc(F)c1.[Ir].[Ir].[Ir]. The van der Waals surface area contributed by atoms with Crippen molar-refractivity contribution in [2.45, 2.75) is 41.5 Å². The van der Waals surface area contributed by atoms with Crippen LogP contribution in [0.3, 0.4) is 0 Å². The van der Waals surface area contributed by atoms with Crippen LogP contribution in [0.2, 0.25) is 0 Å². The van der Waals surface area contributed by atoms with Gasteiger partial charge in [-0.3, -0.25) is 18.4 Å². The number of ketones is 2. The molecule has 0 fully saturated rings. The molecule has 3 heterocycles. The van der Waals surface area contributed by atoms with Gasteiger partial charge in [-0.05, 0) is 95.3 Å². The van der Waals surface area contributed by atoms with Crippen LogP contribution in [0.15, 0.2) is 170 Å². The first-order chi connectivity index (χ1) is 32.5. The smallest absolute Gasteiger partial charge is 0.155 e. The second kappa shape index (κ2) is 29.7. The molecule has 0 aliphatic carbocycles. The molecule has 0 spiro atoms. The molecule has 3 aromatic heterocycles. The number of nitrogens with zero attached hydrogens (tertiary/aromatic N) is 3. The summed E-state index contributed by atoms with van der Waals surface area (Å²) in [4.78, 5) is 33.0. The molecule has 7 nitrogen and oxygen atoms in total. The van der Waals surface area contributed by atoms with Gasteiger partial charge in [-0.15, -0.1) is 65.2 Å². The fraction of sp³-hybridized carbons (Fsp3) is 0.105. The van der Waals surface area contributed by atoms with Crippen molar-refractivity contribution in [1.82, 2.24) is 15.0 Å². The first-order valence-electron chi connectivity index (χ1n) is 21.0. The molecule has 3 radical (unpaired) electrons. The van der Waals surface area contributed by atoms with Gasteiger partial charge in [0, 0.05) is 114 Å². The number of fused-ring (bicyclic) bond motifs is 3. The number of benzene rings is 6. The van der Waals surface area contributed by atoms with E-state index in [2.05, 4.69) is 33.2 Å². The Morgan fingerprint density at radius 2 is 0.831 bits per heavy atom. The molecule has 0 unspecified atom stereocenters.